The minimum atomic E-state index is -0.365. The summed E-state index contributed by atoms with van der Waals surface area (Å²) in [7, 11) is 1.83. The van der Waals surface area contributed by atoms with Gasteiger partial charge in [-0.2, -0.15) is 4.99 Å². The molecule has 9 heteroatoms. The number of rotatable bonds is 3. The minimum absolute atomic E-state index is 0.202. The van der Waals surface area contributed by atoms with Gasteiger partial charge in [-0.1, -0.05) is 71.6 Å². The Balaban J connectivity index is 1.60. The van der Waals surface area contributed by atoms with Crippen LogP contribution in [0, 0.1) is 5.92 Å². The smallest absolute Gasteiger partial charge is 0.261 e. The maximum atomic E-state index is 12.8. The Morgan fingerprint density at radius 2 is 1.71 bits per heavy atom. The molecule has 170 valence electrons. The number of nitrogens with two attached hydrogens (primary N) is 1. The first-order valence-corrected chi connectivity index (χ1v) is 12.3. The number of fused-ring (bicyclic) bond motifs is 1. The number of hydrogen-bond acceptors (Lipinski definition) is 6. The molecule has 0 spiro atoms. The summed E-state index contributed by atoms with van der Waals surface area (Å²) in [4.78, 5) is 33.7. The van der Waals surface area contributed by atoms with Gasteiger partial charge in [0.1, 0.15) is 16.6 Å². The van der Waals surface area contributed by atoms with Gasteiger partial charge in [0.2, 0.25) is 0 Å². The highest BCUT2D eigenvalue weighted by molar-refractivity contribution is 8.17. The summed E-state index contributed by atoms with van der Waals surface area (Å²) in [6.07, 6.45) is 0. The van der Waals surface area contributed by atoms with Crippen LogP contribution >= 0.6 is 23.1 Å². The third-order valence-corrected chi connectivity index (χ3v) is 7.98. The molecule has 3 heterocycles. The summed E-state index contributed by atoms with van der Waals surface area (Å²) < 4.78 is 1.78. The van der Waals surface area contributed by atoms with Crippen molar-refractivity contribution in [2.45, 2.75) is 13.8 Å². The lowest BCUT2D eigenvalue weighted by molar-refractivity contribution is -0.118. The number of nitrogens with zero attached hydrogens (tertiary/aromatic N) is 5. The average Bonchev–Trinajstić information content (AvgIpc) is 3.29. The molecule has 1 aromatic heterocycles. The van der Waals surface area contributed by atoms with Gasteiger partial charge in [-0.15, -0.1) is 0 Å². The molecule has 3 aromatic rings. The second kappa shape index (κ2) is 9.00. The van der Waals surface area contributed by atoms with Crippen molar-refractivity contribution in [1.29, 1.82) is 0 Å². The van der Waals surface area contributed by atoms with Crippen molar-refractivity contribution in [1.82, 2.24) is 4.57 Å². The number of anilines is 1. The van der Waals surface area contributed by atoms with Crippen molar-refractivity contribution in [2.75, 3.05) is 5.73 Å². The fraction of sp³-hybridized carbons (Fsp3) is 0.160. The van der Waals surface area contributed by atoms with Gasteiger partial charge in [-0.25, -0.2) is 15.0 Å². The Labute approximate surface area is 205 Å². The van der Waals surface area contributed by atoms with Crippen molar-refractivity contribution in [3.05, 3.63) is 86.4 Å². The number of allylic oxidation sites excluding steroid dienone is 1. The third-order valence-electron chi connectivity index (χ3n) is 5.67. The number of carbonyl (C=O) groups excluding carboxylic acids is 1. The fourth-order valence-electron chi connectivity index (χ4n) is 3.64. The number of aromatic nitrogens is 1. The molecule has 0 saturated carbocycles. The Bertz CT molecular complexity index is 1480. The molecule has 5 rings (SSSR count). The molecule has 0 aliphatic carbocycles. The second-order valence-corrected chi connectivity index (χ2v) is 10.1. The lowest BCUT2D eigenvalue weighted by Crippen LogP contribution is -2.25. The molecule has 7 nitrogen and oxygen atoms in total. The highest BCUT2D eigenvalue weighted by Gasteiger charge is 2.37. The molecule has 2 aromatic carbocycles. The van der Waals surface area contributed by atoms with E-state index in [1.807, 2.05) is 81.6 Å². The SMILES string of the molecule is CC1=C(C)C2C(=O)N=C(c3sc(=NC(=Nc4ccccc4)c4ccccc4)n(C)c3N)N=C2S1. The number of hydrogen-bond donors (Lipinski definition) is 1. The van der Waals surface area contributed by atoms with E-state index in [0.717, 1.165) is 26.8 Å². The van der Waals surface area contributed by atoms with Crippen LogP contribution in [0.4, 0.5) is 11.5 Å². The monoisotopic (exact) mass is 486 g/mol. The van der Waals surface area contributed by atoms with Gasteiger partial charge < -0.3 is 10.3 Å². The number of aliphatic imine (C=N–C) groups is 3. The van der Waals surface area contributed by atoms with Gasteiger partial charge in [-0.05, 0) is 36.5 Å². The maximum Gasteiger partial charge on any atom is 0.261 e. The zero-order valence-corrected chi connectivity index (χ0v) is 20.5. The molecule has 2 aliphatic heterocycles. The van der Waals surface area contributed by atoms with Crippen molar-refractivity contribution in [3.63, 3.8) is 0 Å². The molecule has 1 atom stereocenters. The van der Waals surface area contributed by atoms with Gasteiger partial charge in [0, 0.05) is 12.6 Å². The first-order valence-electron chi connectivity index (χ1n) is 10.7. The molecule has 0 saturated heterocycles. The number of thiazole rings is 1. The molecule has 0 fully saturated rings. The van der Waals surface area contributed by atoms with Crippen LogP contribution in [-0.2, 0) is 11.8 Å². The van der Waals surface area contributed by atoms with E-state index in [4.69, 9.17) is 20.7 Å². The fourth-order valence-corrected chi connectivity index (χ4v) is 5.74. The van der Waals surface area contributed by atoms with E-state index in [1.165, 1.54) is 23.1 Å². The van der Waals surface area contributed by atoms with Crippen molar-refractivity contribution >= 4 is 57.2 Å². The lowest BCUT2D eigenvalue weighted by atomic mass is 10.0. The predicted molar refractivity (Wildman–Crippen MR) is 141 cm³/mol. The van der Waals surface area contributed by atoms with E-state index in [2.05, 4.69) is 4.99 Å². The normalized spacial score (nSPS) is 18.8. The van der Waals surface area contributed by atoms with E-state index in [9.17, 15) is 4.79 Å². The Kier molecular flexibility index (Phi) is 5.89. The minimum Gasteiger partial charge on any atom is -0.384 e. The second-order valence-electron chi connectivity index (χ2n) is 7.90. The Morgan fingerprint density at radius 1 is 1.03 bits per heavy atom. The Morgan fingerprint density at radius 3 is 2.41 bits per heavy atom. The highest BCUT2D eigenvalue weighted by Crippen LogP contribution is 2.40. The number of amides is 1. The summed E-state index contributed by atoms with van der Waals surface area (Å²) in [5.41, 5.74) is 9.13. The quantitative estimate of drug-likeness (QED) is 0.430. The summed E-state index contributed by atoms with van der Waals surface area (Å²) >= 11 is 2.87. The van der Waals surface area contributed by atoms with Gasteiger partial charge in [0.05, 0.1) is 10.7 Å². The molecule has 2 N–H and O–H groups in total. The van der Waals surface area contributed by atoms with Crippen LogP contribution in [0.1, 0.15) is 24.3 Å². The zero-order chi connectivity index (χ0) is 23.8. The lowest BCUT2D eigenvalue weighted by Gasteiger charge is -2.14. The molecule has 0 radical (unpaired) electrons. The molecule has 1 unspecified atom stereocenters. The number of amidine groups is 2. The molecule has 0 bridgehead atoms. The van der Waals surface area contributed by atoms with Gasteiger partial charge in [0.15, 0.2) is 16.5 Å². The molecule has 2 aliphatic rings. The van der Waals surface area contributed by atoms with E-state index in [1.54, 1.807) is 4.57 Å². The number of thioether (sulfide) groups is 1. The topological polar surface area (TPSA) is 97.5 Å². The molecule has 1 amide bonds. The molecule has 34 heavy (non-hydrogen) atoms. The predicted octanol–water partition coefficient (Wildman–Crippen LogP) is 4.69. The van der Waals surface area contributed by atoms with E-state index < -0.39 is 0 Å². The zero-order valence-electron chi connectivity index (χ0n) is 18.9. The van der Waals surface area contributed by atoms with Crippen LogP contribution < -0.4 is 10.5 Å². The van der Waals surface area contributed by atoms with Crippen LogP contribution in [0.5, 0.6) is 0 Å². The molecular weight excluding hydrogens is 464 g/mol. The van der Waals surface area contributed by atoms with Crippen molar-refractivity contribution in [3.8, 4) is 0 Å². The number of nitrogen functional groups attached to an aromatic ring is 1. The van der Waals surface area contributed by atoms with Crippen LogP contribution in [-0.4, -0.2) is 27.2 Å². The third kappa shape index (κ3) is 4.08. The van der Waals surface area contributed by atoms with Gasteiger partial charge in [-0.3, -0.25) is 4.79 Å². The number of benzene rings is 2. The van der Waals surface area contributed by atoms with Crippen LogP contribution in [0.25, 0.3) is 0 Å². The van der Waals surface area contributed by atoms with Gasteiger partial charge in [0.25, 0.3) is 5.91 Å². The number of carbonyl (C=O) groups is 1. The first kappa shape index (κ1) is 22.2. The first-order chi connectivity index (χ1) is 16.4. The number of para-hydroxylation sites is 1. The van der Waals surface area contributed by atoms with E-state index in [-0.39, 0.29) is 11.8 Å². The van der Waals surface area contributed by atoms with Crippen LogP contribution in [0.15, 0.2) is 91.1 Å². The van der Waals surface area contributed by atoms with Crippen LogP contribution in [0.3, 0.4) is 0 Å². The molecular formula is C25H22N6OS2. The van der Waals surface area contributed by atoms with Crippen molar-refractivity contribution < 1.29 is 4.79 Å². The largest absolute Gasteiger partial charge is 0.384 e. The van der Waals surface area contributed by atoms with Crippen LogP contribution in [0.2, 0.25) is 0 Å². The Hall–Kier alpha value is -3.56. The maximum absolute atomic E-state index is 12.8. The van der Waals surface area contributed by atoms with E-state index in [0.29, 0.717) is 27.2 Å². The van der Waals surface area contributed by atoms with E-state index >= 15 is 0 Å². The standard InChI is InChI=1S/C25H22N6OS2/c1-14-15(2)33-24-18(14)23(32)28-22(29-24)19-20(26)31(3)25(34-19)30-21(16-10-6-4-7-11-16)27-17-12-8-5-9-13-17/h4-13,18H,26H2,1-3H3. The van der Waals surface area contributed by atoms with Crippen molar-refractivity contribution in [2.24, 2.45) is 32.9 Å². The summed E-state index contributed by atoms with van der Waals surface area (Å²) in [5, 5.41) is 0.759. The summed E-state index contributed by atoms with van der Waals surface area (Å²) in [5.74, 6) is 0.786. The van der Waals surface area contributed by atoms with Gasteiger partial charge >= 0.3 is 0 Å². The summed E-state index contributed by atoms with van der Waals surface area (Å²) in [6, 6.07) is 19.5. The highest BCUT2D eigenvalue weighted by atomic mass is 32.2. The summed E-state index contributed by atoms with van der Waals surface area (Å²) in [6.45, 7) is 3.96. The average molecular weight is 487 g/mol.